The van der Waals surface area contributed by atoms with Crippen molar-refractivity contribution >= 4 is 29.7 Å². The Kier molecular flexibility index (Phi) is 4.11. The van der Waals surface area contributed by atoms with Crippen molar-refractivity contribution in [2.75, 3.05) is 12.9 Å². The van der Waals surface area contributed by atoms with Crippen LogP contribution in [0.5, 0.6) is 5.75 Å². The summed E-state index contributed by atoms with van der Waals surface area (Å²) in [5.74, 6) is 0.130. The number of ether oxygens (including phenoxy) is 1. The number of carbonyl (C=O) groups excluding carboxylic acids is 1. The van der Waals surface area contributed by atoms with Crippen molar-refractivity contribution in [1.82, 2.24) is 0 Å². The van der Waals surface area contributed by atoms with Crippen molar-refractivity contribution in [2.45, 2.75) is 11.3 Å². The van der Waals surface area contributed by atoms with E-state index in [0.717, 1.165) is 16.2 Å². The van der Waals surface area contributed by atoms with Crippen molar-refractivity contribution in [2.24, 2.45) is 16.5 Å². The van der Waals surface area contributed by atoms with Crippen LogP contribution in [0.25, 0.3) is 6.08 Å². The van der Waals surface area contributed by atoms with Gasteiger partial charge < -0.3 is 16.2 Å². The second-order valence-electron chi connectivity index (χ2n) is 4.01. The number of guanidine groups is 1. The largest absolute Gasteiger partial charge is 0.493 e. The second-order valence-corrected chi connectivity index (χ2v) is 4.89. The van der Waals surface area contributed by atoms with Gasteiger partial charge in [0.1, 0.15) is 5.75 Å². The van der Waals surface area contributed by atoms with Gasteiger partial charge in [-0.1, -0.05) is 0 Å². The number of hydrogen-bond acceptors (Lipinski definition) is 3. The topological polar surface area (TPSA) is 90.7 Å². The average molecular weight is 277 g/mol. The normalized spacial score (nSPS) is 13.6. The van der Waals surface area contributed by atoms with E-state index in [2.05, 4.69) is 4.99 Å². The van der Waals surface area contributed by atoms with Crippen molar-refractivity contribution in [1.29, 1.82) is 0 Å². The van der Waals surface area contributed by atoms with Crippen LogP contribution in [0.3, 0.4) is 0 Å². The fourth-order valence-corrected chi connectivity index (χ4v) is 2.24. The third-order valence-corrected chi connectivity index (χ3v) is 3.41. The molecule has 0 aliphatic carbocycles. The highest BCUT2D eigenvalue weighted by molar-refractivity contribution is 7.98. The number of aliphatic imine (C=N–C) groups is 1. The minimum atomic E-state index is -0.411. The molecule has 100 valence electrons. The van der Waals surface area contributed by atoms with Crippen LogP contribution < -0.4 is 16.2 Å². The predicted molar refractivity (Wildman–Crippen MR) is 77.1 cm³/mol. The number of hydrogen-bond donors (Lipinski definition) is 2. The summed E-state index contributed by atoms with van der Waals surface area (Å²) in [4.78, 5) is 16.5. The Morgan fingerprint density at radius 2 is 2.21 bits per heavy atom. The first-order valence-corrected chi connectivity index (χ1v) is 6.98. The maximum Gasteiger partial charge on any atom is 0.276 e. The molecule has 1 heterocycles. The second kappa shape index (κ2) is 5.79. The van der Waals surface area contributed by atoms with Crippen LogP contribution in [0, 0.1) is 0 Å². The van der Waals surface area contributed by atoms with Gasteiger partial charge in [-0.25, -0.2) is 0 Å². The maximum absolute atomic E-state index is 11.8. The predicted octanol–water partition coefficient (Wildman–Crippen LogP) is 1.37. The summed E-state index contributed by atoms with van der Waals surface area (Å²) in [6.07, 6.45) is 4.27. The molecule has 0 fully saturated rings. The molecule has 1 aromatic carbocycles. The Morgan fingerprint density at radius 1 is 1.42 bits per heavy atom. The van der Waals surface area contributed by atoms with E-state index in [9.17, 15) is 4.79 Å². The van der Waals surface area contributed by atoms with E-state index in [4.69, 9.17) is 16.2 Å². The van der Waals surface area contributed by atoms with E-state index in [0.29, 0.717) is 18.6 Å². The molecular weight excluding hydrogens is 262 g/mol. The number of benzene rings is 1. The molecule has 19 heavy (non-hydrogen) atoms. The Bertz CT molecular complexity index is 563. The highest BCUT2D eigenvalue weighted by atomic mass is 32.2. The standard InChI is InChI=1S/C13H15N3O2S/c1-19-10-2-3-11-9(7-10)6-8(4-5-18-11)12(17)16-13(14)15/h2-3,6-7H,4-5H2,1H3,(H4,14,15,16,17). The molecule has 0 bridgehead atoms. The fourth-order valence-electron chi connectivity index (χ4n) is 1.79. The van der Waals surface area contributed by atoms with E-state index in [1.54, 1.807) is 17.8 Å². The van der Waals surface area contributed by atoms with Crippen molar-refractivity contribution < 1.29 is 9.53 Å². The summed E-state index contributed by atoms with van der Waals surface area (Å²) in [7, 11) is 0. The van der Waals surface area contributed by atoms with E-state index in [1.165, 1.54) is 0 Å². The molecule has 0 saturated carbocycles. The van der Waals surface area contributed by atoms with Gasteiger partial charge in [0, 0.05) is 22.5 Å². The van der Waals surface area contributed by atoms with Crippen LogP contribution >= 0.6 is 11.8 Å². The first-order valence-electron chi connectivity index (χ1n) is 5.75. The van der Waals surface area contributed by atoms with Gasteiger partial charge >= 0.3 is 0 Å². The van der Waals surface area contributed by atoms with E-state index in [-0.39, 0.29) is 5.96 Å². The molecule has 1 aromatic rings. The Hall–Kier alpha value is -1.95. The molecule has 0 radical (unpaired) electrons. The van der Waals surface area contributed by atoms with Gasteiger partial charge in [-0.05, 0) is 30.5 Å². The number of rotatable bonds is 2. The SMILES string of the molecule is CSc1ccc2c(c1)C=C(C(=O)N=C(N)N)CCO2. The van der Waals surface area contributed by atoms with Gasteiger partial charge in [0.15, 0.2) is 5.96 Å². The van der Waals surface area contributed by atoms with E-state index in [1.807, 2.05) is 24.5 Å². The summed E-state index contributed by atoms with van der Waals surface area (Å²) in [5.41, 5.74) is 11.9. The molecule has 0 atom stereocenters. The first kappa shape index (κ1) is 13.5. The number of nitrogens with two attached hydrogens (primary N) is 2. The van der Waals surface area contributed by atoms with Gasteiger partial charge in [0.2, 0.25) is 0 Å². The lowest BCUT2D eigenvalue weighted by molar-refractivity contribution is -0.114. The van der Waals surface area contributed by atoms with Gasteiger partial charge in [-0.2, -0.15) is 4.99 Å². The lowest BCUT2D eigenvalue weighted by atomic mass is 10.1. The minimum Gasteiger partial charge on any atom is -0.493 e. The molecule has 1 aliphatic rings. The van der Waals surface area contributed by atoms with Crippen LogP contribution in [0.4, 0.5) is 0 Å². The third-order valence-electron chi connectivity index (χ3n) is 2.68. The molecule has 5 nitrogen and oxygen atoms in total. The highest BCUT2D eigenvalue weighted by Gasteiger charge is 2.15. The van der Waals surface area contributed by atoms with Crippen LogP contribution in [-0.4, -0.2) is 24.7 Å². The molecule has 4 N–H and O–H groups in total. The van der Waals surface area contributed by atoms with Gasteiger partial charge in [0.25, 0.3) is 5.91 Å². The summed E-state index contributed by atoms with van der Waals surface area (Å²) in [6.45, 7) is 0.434. The van der Waals surface area contributed by atoms with Crippen molar-refractivity contribution in [3.63, 3.8) is 0 Å². The summed E-state index contributed by atoms with van der Waals surface area (Å²) >= 11 is 1.63. The Balaban J connectivity index is 2.39. The molecule has 1 amide bonds. The average Bonchev–Trinajstić information content (AvgIpc) is 2.59. The number of thioether (sulfide) groups is 1. The maximum atomic E-state index is 11.8. The van der Waals surface area contributed by atoms with Gasteiger partial charge in [0.05, 0.1) is 6.61 Å². The van der Waals surface area contributed by atoms with Crippen molar-refractivity contribution in [3.05, 3.63) is 29.3 Å². The molecule has 2 rings (SSSR count). The van der Waals surface area contributed by atoms with Crippen LogP contribution in [0.2, 0.25) is 0 Å². The smallest absolute Gasteiger partial charge is 0.276 e. The Morgan fingerprint density at radius 3 is 2.89 bits per heavy atom. The molecule has 0 saturated heterocycles. The number of fused-ring (bicyclic) bond motifs is 1. The quantitative estimate of drug-likeness (QED) is 0.484. The number of nitrogens with zero attached hydrogens (tertiary/aromatic N) is 1. The third kappa shape index (κ3) is 3.29. The highest BCUT2D eigenvalue weighted by Crippen LogP contribution is 2.30. The molecule has 0 spiro atoms. The molecule has 6 heteroatoms. The fraction of sp³-hybridized carbons (Fsp3) is 0.231. The van der Waals surface area contributed by atoms with Crippen molar-refractivity contribution in [3.8, 4) is 5.75 Å². The monoisotopic (exact) mass is 277 g/mol. The number of carbonyl (C=O) groups is 1. The van der Waals surface area contributed by atoms with E-state index < -0.39 is 5.91 Å². The van der Waals surface area contributed by atoms with Crippen LogP contribution in [0.1, 0.15) is 12.0 Å². The van der Waals surface area contributed by atoms with E-state index >= 15 is 0 Å². The molecule has 0 aromatic heterocycles. The zero-order chi connectivity index (χ0) is 13.8. The number of amides is 1. The first-order chi connectivity index (χ1) is 9.10. The lowest BCUT2D eigenvalue weighted by Crippen LogP contribution is -2.24. The van der Waals surface area contributed by atoms with Crippen LogP contribution in [-0.2, 0) is 4.79 Å². The summed E-state index contributed by atoms with van der Waals surface area (Å²) in [5, 5.41) is 0. The zero-order valence-corrected chi connectivity index (χ0v) is 11.4. The lowest BCUT2D eigenvalue weighted by Gasteiger charge is -2.06. The van der Waals surface area contributed by atoms with Gasteiger partial charge in [-0.3, -0.25) is 4.79 Å². The zero-order valence-electron chi connectivity index (χ0n) is 10.6. The van der Waals surface area contributed by atoms with Crippen LogP contribution in [0.15, 0.2) is 33.7 Å². The molecular formula is C13H15N3O2S. The van der Waals surface area contributed by atoms with Gasteiger partial charge in [-0.15, -0.1) is 11.8 Å². The summed E-state index contributed by atoms with van der Waals surface area (Å²) < 4.78 is 5.61. The Labute approximate surface area is 115 Å². The minimum absolute atomic E-state index is 0.228. The molecule has 0 unspecified atom stereocenters. The summed E-state index contributed by atoms with van der Waals surface area (Å²) in [6, 6.07) is 5.87. The molecule has 1 aliphatic heterocycles.